The zero-order valence-electron chi connectivity index (χ0n) is 13.2. The molecule has 2 aliphatic rings. The Morgan fingerprint density at radius 3 is 2.76 bits per heavy atom. The van der Waals surface area contributed by atoms with Crippen LogP contribution in [0.25, 0.3) is 0 Å². The molecule has 1 aromatic heterocycles. The number of morpholine rings is 1. The van der Waals surface area contributed by atoms with E-state index in [4.69, 9.17) is 10.5 Å². The first-order valence-corrected chi connectivity index (χ1v) is 8.10. The van der Waals surface area contributed by atoms with Crippen LogP contribution in [0.2, 0.25) is 0 Å². The van der Waals surface area contributed by atoms with Crippen LogP contribution in [0.4, 0.5) is 11.5 Å². The van der Waals surface area contributed by atoms with Crippen molar-refractivity contribution in [1.82, 2.24) is 14.7 Å². The summed E-state index contributed by atoms with van der Waals surface area (Å²) in [6, 6.07) is 0.624. The fraction of sp³-hybridized carbons (Fsp3) is 0.800. The number of aromatic nitrogens is 2. The quantitative estimate of drug-likeness (QED) is 0.900. The minimum absolute atomic E-state index is 0.624. The summed E-state index contributed by atoms with van der Waals surface area (Å²) >= 11 is 0. The molecule has 2 saturated heterocycles. The van der Waals surface area contributed by atoms with Gasteiger partial charge in [0.25, 0.3) is 0 Å². The van der Waals surface area contributed by atoms with E-state index in [1.165, 1.54) is 6.42 Å². The van der Waals surface area contributed by atoms with Crippen molar-refractivity contribution >= 4 is 11.5 Å². The minimum Gasteiger partial charge on any atom is -0.394 e. The number of hydrogen-bond acceptors (Lipinski definition) is 5. The van der Waals surface area contributed by atoms with Crippen LogP contribution in [0.1, 0.15) is 25.5 Å². The van der Waals surface area contributed by atoms with Gasteiger partial charge in [-0.2, -0.15) is 5.10 Å². The minimum atomic E-state index is 0.624. The summed E-state index contributed by atoms with van der Waals surface area (Å²) in [4.78, 5) is 4.98. The number of rotatable bonds is 4. The predicted octanol–water partition coefficient (Wildman–Crippen LogP) is 1.09. The van der Waals surface area contributed by atoms with Crippen LogP contribution in [0.15, 0.2) is 0 Å². The molecule has 6 nitrogen and oxygen atoms in total. The first kappa shape index (κ1) is 14.7. The van der Waals surface area contributed by atoms with E-state index in [-0.39, 0.29) is 0 Å². The summed E-state index contributed by atoms with van der Waals surface area (Å²) < 4.78 is 7.54. The average Bonchev–Trinajstić information content (AvgIpc) is 3.07. The lowest BCUT2D eigenvalue weighted by molar-refractivity contribution is 0.0209. The number of nitrogens with zero attached hydrogens (tertiary/aromatic N) is 4. The standard InChI is InChI=1S/C15H27N5O/c1-3-5-20-15(14(16)12(2)17-20)19-6-4-13(11-19)18-7-9-21-10-8-18/h13H,3-11,16H2,1-2H3. The Hall–Kier alpha value is -1.27. The number of nitrogens with two attached hydrogens (primary N) is 1. The van der Waals surface area contributed by atoms with Gasteiger partial charge in [0.1, 0.15) is 0 Å². The van der Waals surface area contributed by atoms with Crippen molar-refractivity contribution in [3.63, 3.8) is 0 Å². The highest BCUT2D eigenvalue weighted by Crippen LogP contribution is 2.31. The van der Waals surface area contributed by atoms with Gasteiger partial charge in [0.15, 0.2) is 5.82 Å². The highest BCUT2D eigenvalue weighted by Gasteiger charge is 2.31. The maximum atomic E-state index is 6.28. The number of nitrogen functional groups attached to an aromatic ring is 1. The molecule has 6 heteroatoms. The van der Waals surface area contributed by atoms with Gasteiger partial charge in [-0.1, -0.05) is 6.92 Å². The largest absolute Gasteiger partial charge is 0.394 e. The van der Waals surface area contributed by atoms with Crippen molar-refractivity contribution in [2.75, 3.05) is 50.0 Å². The number of hydrogen-bond donors (Lipinski definition) is 1. The molecule has 0 aromatic carbocycles. The summed E-state index contributed by atoms with van der Waals surface area (Å²) in [7, 11) is 0. The molecule has 0 spiro atoms. The van der Waals surface area contributed by atoms with Crippen LogP contribution in [-0.2, 0) is 11.3 Å². The molecule has 0 saturated carbocycles. The Morgan fingerprint density at radius 1 is 1.29 bits per heavy atom. The maximum absolute atomic E-state index is 6.28. The van der Waals surface area contributed by atoms with Crippen molar-refractivity contribution in [3.8, 4) is 0 Å². The maximum Gasteiger partial charge on any atom is 0.150 e. The summed E-state index contributed by atoms with van der Waals surface area (Å²) in [5.41, 5.74) is 8.08. The van der Waals surface area contributed by atoms with Crippen LogP contribution >= 0.6 is 0 Å². The number of anilines is 2. The molecule has 0 aliphatic carbocycles. The lowest BCUT2D eigenvalue weighted by Gasteiger charge is -2.32. The molecule has 21 heavy (non-hydrogen) atoms. The smallest absolute Gasteiger partial charge is 0.150 e. The highest BCUT2D eigenvalue weighted by molar-refractivity contribution is 5.66. The molecule has 3 rings (SSSR count). The first-order valence-electron chi connectivity index (χ1n) is 8.10. The predicted molar refractivity (Wildman–Crippen MR) is 84.7 cm³/mol. The van der Waals surface area contributed by atoms with Gasteiger partial charge >= 0.3 is 0 Å². The van der Waals surface area contributed by atoms with E-state index in [1.54, 1.807) is 0 Å². The monoisotopic (exact) mass is 293 g/mol. The molecule has 2 fully saturated rings. The van der Waals surface area contributed by atoms with Crippen molar-refractivity contribution in [3.05, 3.63) is 5.69 Å². The number of aryl methyl sites for hydroxylation is 2. The fourth-order valence-corrected chi connectivity index (χ4v) is 3.46. The van der Waals surface area contributed by atoms with Gasteiger partial charge in [0.05, 0.1) is 24.6 Å². The van der Waals surface area contributed by atoms with Gasteiger partial charge in [-0.3, -0.25) is 4.90 Å². The second-order valence-corrected chi connectivity index (χ2v) is 6.08. The van der Waals surface area contributed by atoms with Gasteiger partial charge in [0.2, 0.25) is 0 Å². The topological polar surface area (TPSA) is 59.6 Å². The average molecular weight is 293 g/mol. The van der Waals surface area contributed by atoms with E-state index in [0.29, 0.717) is 6.04 Å². The zero-order valence-corrected chi connectivity index (χ0v) is 13.2. The van der Waals surface area contributed by atoms with Gasteiger partial charge in [-0.05, 0) is 19.8 Å². The summed E-state index contributed by atoms with van der Waals surface area (Å²) in [5, 5.41) is 4.60. The first-order chi connectivity index (χ1) is 10.2. The molecule has 1 aromatic rings. The second kappa shape index (κ2) is 6.23. The molecule has 0 radical (unpaired) electrons. The molecule has 0 amide bonds. The lowest BCUT2D eigenvalue weighted by Crippen LogP contribution is -2.44. The van der Waals surface area contributed by atoms with E-state index in [1.807, 2.05) is 6.92 Å². The molecule has 2 aliphatic heterocycles. The van der Waals surface area contributed by atoms with Gasteiger partial charge in [-0.25, -0.2) is 4.68 Å². The molecular weight excluding hydrogens is 266 g/mol. The molecular formula is C15H27N5O. The van der Waals surface area contributed by atoms with Crippen molar-refractivity contribution in [2.24, 2.45) is 0 Å². The van der Waals surface area contributed by atoms with Crippen molar-refractivity contribution in [2.45, 2.75) is 39.3 Å². The van der Waals surface area contributed by atoms with Crippen LogP contribution in [0.3, 0.4) is 0 Å². The Bertz CT molecular complexity index is 481. The molecule has 3 heterocycles. The molecule has 2 N–H and O–H groups in total. The third-order valence-corrected chi connectivity index (χ3v) is 4.61. The van der Waals surface area contributed by atoms with Crippen LogP contribution in [0, 0.1) is 6.92 Å². The Balaban J connectivity index is 1.73. The van der Waals surface area contributed by atoms with E-state index < -0.39 is 0 Å². The van der Waals surface area contributed by atoms with E-state index >= 15 is 0 Å². The van der Waals surface area contributed by atoms with Gasteiger partial charge in [-0.15, -0.1) is 0 Å². The van der Waals surface area contributed by atoms with E-state index in [9.17, 15) is 0 Å². The van der Waals surface area contributed by atoms with E-state index in [2.05, 4.69) is 26.5 Å². The Labute approximate surface area is 126 Å². The lowest BCUT2D eigenvalue weighted by atomic mass is 10.2. The SMILES string of the molecule is CCCn1nc(C)c(N)c1N1CCC(N2CCOCC2)C1. The third kappa shape index (κ3) is 2.87. The van der Waals surface area contributed by atoms with Gasteiger partial charge in [0, 0.05) is 38.8 Å². The Kier molecular flexibility index (Phi) is 4.35. The van der Waals surface area contributed by atoms with Crippen LogP contribution in [0.5, 0.6) is 0 Å². The fourth-order valence-electron chi connectivity index (χ4n) is 3.46. The number of ether oxygens (including phenoxy) is 1. The van der Waals surface area contributed by atoms with Crippen molar-refractivity contribution in [1.29, 1.82) is 0 Å². The summed E-state index contributed by atoms with van der Waals surface area (Å²) in [5.74, 6) is 1.13. The second-order valence-electron chi connectivity index (χ2n) is 6.08. The van der Waals surface area contributed by atoms with Crippen molar-refractivity contribution < 1.29 is 4.74 Å². The highest BCUT2D eigenvalue weighted by atomic mass is 16.5. The third-order valence-electron chi connectivity index (χ3n) is 4.61. The normalized spacial score (nSPS) is 23.9. The zero-order chi connectivity index (χ0) is 14.8. The summed E-state index contributed by atoms with van der Waals surface area (Å²) in [6.45, 7) is 11.1. The van der Waals surface area contributed by atoms with Crippen LogP contribution < -0.4 is 10.6 Å². The molecule has 1 atom stereocenters. The Morgan fingerprint density at radius 2 is 2.05 bits per heavy atom. The molecule has 0 bridgehead atoms. The molecule has 118 valence electrons. The van der Waals surface area contributed by atoms with Crippen LogP contribution in [-0.4, -0.2) is 60.1 Å². The molecule has 1 unspecified atom stereocenters. The summed E-state index contributed by atoms with van der Waals surface area (Å²) in [6.07, 6.45) is 2.28. The van der Waals surface area contributed by atoms with Gasteiger partial charge < -0.3 is 15.4 Å². The van der Waals surface area contributed by atoms with E-state index in [0.717, 1.165) is 69.6 Å².